The maximum absolute atomic E-state index is 12.1. The minimum atomic E-state index is -0.645. The lowest BCUT2D eigenvalue weighted by molar-refractivity contribution is 0.0945. The van der Waals surface area contributed by atoms with Gasteiger partial charge in [0.05, 0.1) is 23.7 Å². The molecule has 0 aliphatic rings. The molecule has 1 aromatic heterocycles. The molecular weight excluding hydrogens is 336 g/mol. The highest BCUT2D eigenvalue weighted by atomic mass is 16.5. The minimum absolute atomic E-state index is 0.0194. The summed E-state index contributed by atoms with van der Waals surface area (Å²) in [4.78, 5) is 30.7. The van der Waals surface area contributed by atoms with Crippen molar-refractivity contribution in [2.24, 2.45) is 5.10 Å². The summed E-state index contributed by atoms with van der Waals surface area (Å²) >= 11 is 0. The fourth-order valence-corrected chi connectivity index (χ4v) is 2.29. The molecule has 1 heterocycles. The second-order valence-electron chi connectivity index (χ2n) is 5.29. The van der Waals surface area contributed by atoms with Crippen LogP contribution in [-0.4, -0.2) is 33.8 Å². The molecule has 0 bridgehead atoms. The number of fused-ring (bicyclic) bond motifs is 1. The molecule has 1 amide bonds. The van der Waals surface area contributed by atoms with Gasteiger partial charge in [0.25, 0.3) is 5.56 Å². The van der Waals surface area contributed by atoms with Crippen molar-refractivity contribution in [3.8, 4) is 11.5 Å². The molecule has 3 N–H and O–H groups in total. The first-order valence-electron chi connectivity index (χ1n) is 7.86. The third-order valence-corrected chi connectivity index (χ3v) is 3.49. The predicted octanol–water partition coefficient (Wildman–Crippen LogP) is 1.79. The van der Waals surface area contributed by atoms with E-state index in [0.717, 1.165) is 0 Å². The van der Waals surface area contributed by atoms with Gasteiger partial charge in [0, 0.05) is 0 Å². The van der Waals surface area contributed by atoms with Crippen molar-refractivity contribution in [2.75, 3.05) is 6.61 Å². The van der Waals surface area contributed by atoms with Gasteiger partial charge in [-0.05, 0) is 42.8 Å². The van der Waals surface area contributed by atoms with Crippen molar-refractivity contribution in [3.05, 3.63) is 64.2 Å². The Morgan fingerprint density at radius 2 is 2.15 bits per heavy atom. The number of nitrogens with zero attached hydrogens (tertiary/aromatic N) is 2. The topological polar surface area (TPSA) is 117 Å². The Balaban J connectivity index is 1.76. The second-order valence-corrected chi connectivity index (χ2v) is 5.29. The lowest BCUT2D eigenvalue weighted by atomic mass is 10.2. The molecule has 0 unspecified atom stereocenters. The van der Waals surface area contributed by atoms with Crippen LogP contribution in [0.15, 0.2) is 52.4 Å². The smallest absolute Gasteiger partial charge is 0.307 e. The zero-order chi connectivity index (χ0) is 18.5. The SMILES string of the molecule is CCOc1cc(/C=N/NC(=O)c2nc3ccccc3c(=O)[nH]2)ccc1O. The molecule has 132 valence electrons. The number of para-hydroxylation sites is 1. The number of phenols is 1. The molecule has 0 spiro atoms. The van der Waals surface area contributed by atoms with E-state index in [2.05, 4.69) is 20.5 Å². The fraction of sp³-hybridized carbons (Fsp3) is 0.111. The van der Waals surface area contributed by atoms with E-state index in [4.69, 9.17) is 4.74 Å². The number of carbonyl (C=O) groups excluding carboxylic acids is 1. The van der Waals surface area contributed by atoms with E-state index in [0.29, 0.717) is 28.8 Å². The molecule has 0 saturated carbocycles. The van der Waals surface area contributed by atoms with Crippen LogP contribution in [0.2, 0.25) is 0 Å². The van der Waals surface area contributed by atoms with Crippen molar-refractivity contribution in [2.45, 2.75) is 6.92 Å². The van der Waals surface area contributed by atoms with Gasteiger partial charge in [0.15, 0.2) is 11.5 Å². The van der Waals surface area contributed by atoms with E-state index < -0.39 is 11.5 Å². The van der Waals surface area contributed by atoms with Crippen LogP contribution in [0.5, 0.6) is 11.5 Å². The predicted molar refractivity (Wildman–Crippen MR) is 96.7 cm³/mol. The summed E-state index contributed by atoms with van der Waals surface area (Å²) in [6.07, 6.45) is 1.39. The molecule has 3 rings (SSSR count). The summed E-state index contributed by atoms with van der Waals surface area (Å²) < 4.78 is 5.28. The summed E-state index contributed by atoms with van der Waals surface area (Å²) in [6, 6.07) is 11.4. The first-order valence-corrected chi connectivity index (χ1v) is 7.86. The lowest BCUT2D eigenvalue weighted by Crippen LogP contribution is -2.24. The van der Waals surface area contributed by atoms with Crippen LogP contribution in [-0.2, 0) is 0 Å². The number of hydrogen-bond acceptors (Lipinski definition) is 6. The van der Waals surface area contributed by atoms with Crippen LogP contribution >= 0.6 is 0 Å². The number of ether oxygens (including phenoxy) is 1. The summed E-state index contributed by atoms with van der Waals surface area (Å²) in [6.45, 7) is 2.21. The number of carbonyl (C=O) groups is 1. The van der Waals surface area contributed by atoms with Gasteiger partial charge >= 0.3 is 5.91 Å². The summed E-state index contributed by atoms with van der Waals surface area (Å²) in [5.74, 6) is -0.436. The molecule has 8 nitrogen and oxygen atoms in total. The Hall–Kier alpha value is -3.68. The molecular formula is C18H16N4O4. The Kier molecular flexibility index (Phi) is 4.93. The number of phenolic OH excluding ortho intramolecular Hbond substituents is 1. The highest BCUT2D eigenvalue weighted by molar-refractivity contribution is 5.93. The Bertz CT molecular complexity index is 1040. The number of nitrogens with one attached hydrogen (secondary N) is 2. The molecule has 26 heavy (non-hydrogen) atoms. The molecule has 0 saturated heterocycles. The van der Waals surface area contributed by atoms with E-state index >= 15 is 0 Å². The Morgan fingerprint density at radius 1 is 1.35 bits per heavy atom. The summed E-state index contributed by atoms with van der Waals surface area (Å²) in [5.41, 5.74) is 2.94. The molecule has 0 fully saturated rings. The van der Waals surface area contributed by atoms with Crippen LogP contribution in [0.1, 0.15) is 23.1 Å². The molecule has 0 aliphatic heterocycles. The Labute approximate surface area is 148 Å². The zero-order valence-electron chi connectivity index (χ0n) is 13.9. The molecule has 0 aliphatic carbocycles. The third kappa shape index (κ3) is 3.69. The minimum Gasteiger partial charge on any atom is -0.504 e. The van der Waals surface area contributed by atoms with E-state index in [1.54, 1.807) is 43.3 Å². The second kappa shape index (κ2) is 7.47. The van der Waals surface area contributed by atoms with Crippen molar-refractivity contribution < 1.29 is 14.6 Å². The van der Waals surface area contributed by atoms with Crippen LogP contribution in [0.4, 0.5) is 0 Å². The van der Waals surface area contributed by atoms with E-state index in [1.807, 2.05) is 0 Å². The van der Waals surface area contributed by atoms with E-state index in [1.165, 1.54) is 12.3 Å². The normalized spacial score (nSPS) is 11.0. The zero-order valence-corrected chi connectivity index (χ0v) is 13.9. The number of aromatic hydroxyl groups is 1. The first kappa shape index (κ1) is 17.2. The van der Waals surface area contributed by atoms with Gasteiger partial charge in [-0.2, -0.15) is 5.10 Å². The van der Waals surface area contributed by atoms with Gasteiger partial charge in [-0.3, -0.25) is 9.59 Å². The maximum Gasteiger partial charge on any atom is 0.307 e. The van der Waals surface area contributed by atoms with Gasteiger partial charge in [-0.25, -0.2) is 10.4 Å². The molecule has 8 heteroatoms. The van der Waals surface area contributed by atoms with Gasteiger partial charge < -0.3 is 14.8 Å². The molecule has 0 radical (unpaired) electrons. The van der Waals surface area contributed by atoms with Crippen molar-refractivity contribution in [3.63, 3.8) is 0 Å². The largest absolute Gasteiger partial charge is 0.504 e. The maximum atomic E-state index is 12.1. The number of amides is 1. The number of hydrogen-bond donors (Lipinski definition) is 3. The van der Waals surface area contributed by atoms with Crippen LogP contribution in [0, 0.1) is 0 Å². The number of aromatic amines is 1. The van der Waals surface area contributed by atoms with Crippen molar-refractivity contribution in [1.29, 1.82) is 0 Å². The number of rotatable bonds is 5. The Morgan fingerprint density at radius 3 is 2.96 bits per heavy atom. The highest BCUT2D eigenvalue weighted by Crippen LogP contribution is 2.26. The highest BCUT2D eigenvalue weighted by Gasteiger charge is 2.10. The number of H-pyrrole nitrogens is 1. The summed E-state index contributed by atoms with van der Waals surface area (Å²) in [5, 5.41) is 13.9. The number of hydrazone groups is 1. The monoisotopic (exact) mass is 352 g/mol. The average Bonchev–Trinajstić information content (AvgIpc) is 2.64. The van der Waals surface area contributed by atoms with Crippen LogP contribution in [0.3, 0.4) is 0 Å². The molecule has 2 aromatic carbocycles. The van der Waals surface area contributed by atoms with Crippen molar-refractivity contribution in [1.82, 2.24) is 15.4 Å². The van der Waals surface area contributed by atoms with E-state index in [9.17, 15) is 14.7 Å². The van der Waals surface area contributed by atoms with Gasteiger partial charge in [-0.15, -0.1) is 0 Å². The van der Waals surface area contributed by atoms with Crippen molar-refractivity contribution >= 4 is 23.0 Å². The van der Waals surface area contributed by atoms with Crippen LogP contribution < -0.4 is 15.7 Å². The van der Waals surface area contributed by atoms with Gasteiger partial charge in [0.1, 0.15) is 0 Å². The average molecular weight is 352 g/mol. The van der Waals surface area contributed by atoms with Gasteiger partial charge in [-0.1, -0.05) is 12.1 Å². The number of aromatic nitrogens is 2. The third-order valence-electron chi connectivity index (χ3n) is 3.49. The van der Waals surface area contributed by atoms with E-state index in [-0.39, 0.29) is 11.6 Å². The standard InChI is InChI=1S/C18H16N4O4/c1-2-26-15-9-11(7-8-14(15)23)10-19-22-18(25)16-20-13-6-4-3-5-12(13)17(24)21-16/h3-10,23H,2H2,1H3,(H,22,25)(H,20,21,24)/b19-10+. The molecule has 0 atom stereocenters. The molecule has 3 aromatic rings. The first-order chi connectivity index (χ1) is 12.6. The summed E-state index contributed by atoms with van der Waals surface area (Å²) in [7, 11) is 0. The van der Waals surface area contributed by atoms with Gasteiger partial charge in [0.2, 0.25) is 5.82 Å². The number of benzene rings is 2. The van der Waals surface area contributed by atoms with Crippen LogP contribution in [0.25, 0.3) is 10.9 Å². The fourth-order valence-electron chi connectivity index (χ4n) is 2.29. The quantitative estimate of drug-likeness (QED) is 0.478. The lowest BCUT2D eigenvalue weighted by Gasteiger charge is -2.06.